The van der Waals surface area contributed by atoms with Gasteiger partial charge in [0.2, 0.25) is 0 Å². The van der Waals surface area contributed by atoms with E-state index < -0.39 is 0 Å². The van der Waals surface area contributed by atoms with Gasteiger partial charge in [0.1, 0.15) is 0 Å². The lowest BCUT2D eigenvalue weighted by Gasteiger charge is -2.07. The summed E-state index contributed by atoms with van der Waals surface area (Å²) in [5.41, 5.74) is 7.00. The van der Waals surface area contributed by atoms with Crippen molar-refractivity contribution in [2.24, 2.45) is 5.73 Å². The van der Waals surface area contributed by atoms with Crippen molar-refractivity contribution in [2.75, 3.05) is 12.3 Å². The minimum atomic E-state index is 0.743. The van der Waals surface area contributed by atoms with Crippen LogP contribution in [0.5, 0.6) is 0 Å². The van der Waals surface area contributed by atoms with Gasteiger partial charge in [-0.3, -0.25) is 0 Å². The molecule has 0 saturated heterocycles. The molecule has 0 spiro atoms. The van der Waals surface area contributed by atoms with Gasteiger partial charge < -0.3 is 5.73 Å². The number of hydrogen-bond acceptors (Lipinski definition) is 2. The van der Waals surface area contributed by atoms with Crippen LogP contribution in [0.3, 0.4) is 0 Å². The summed E-state index contributed by atoms with van der Waals surface area (Å²) in [4.78, 5) is 1.42. The van der Waals surface area contributed by atoms with Crippen molar-refractivity contribution >= 4 is 11.8 Å². The van der Waals surface area contributed by atoms with E-state index in [0.717, 1.165) is 13.0 Å². The Bertz CT molecular complexity index is 273. The van der Waals surface area contributed by atoms with E-state index in [9.17, 15) is 0 Å². The molecule has 0 atom stereocenters. The molecule has 0 saturated carbocycles. The maximum Gasteiger partial charge on any atom is 0.0104 e. The first-order valence-corrected chi connectivity index (χ1v) is 6.77. The molecule has 0 amide bonds. The van der Waals surface area contributed by atoms with Crippen LogP contribution in [0.2, 0.25) is 0 Å². The average molecular weight is 223 g/mol. The number of rotatable bonds is 7. The van der Waals surface area contributed by atoms with Crippen LogP contribution in [-0.2, 0) is 6.42 Å². The summed E-state index contributed by atoms with van der Waals surface area (Å²) < 4.78 is 0. The average Bonchev–Trinajstić information content (AvgIpc) is 2.27. The fourth-order valence-electron chi connectivity index (χ4n) is 1.54. The zero-order valence-electron chi connectivity index (χ0n) is 9.54. The van der Waals surface area contributed by atoms with Gasteiger partial charge in [-0.05, 0) is 36.8 Å². The van der Waals surface area contributed by atoms with Gasteiger partial charge >= 0.3 is 0 Å². The summed E-state index contributed by atoms with van der Waals surface area (Å²) in [6.45, 7) is 2.99. The first kappa shape index (κ1) is 12.6. The van der Waals surface area contributed by atoms with Crippen LogP contribution in [0.4, 0.5) is 0 Å². The summed E-state index contributed by atoms with van der Waals surface area (Å²) in [6, 6.07) is 8.61. The number of unbranched alkanes of at least 4 members (excludes halogenated alkanes) is 2. The van der Waals surface area contributed by atoms with E-state index in [4.69, 9.17) is 5.73 Å². The molecule has 1 aromatic rings. The van der Waals surface area contributed by atoms with Crippen LogP contribution in [0, 0.1) is 0 Å². The minimum Gasteiger partial charge on any atom is -0.330 e. The van der Waals surface area contributed by atoms with Crippen LogP contribution in [0.15, 0.2) is 29.2 Å². The molecule has 1 aromatic carbocycles. The van der Waals surface area contributed by atoms with Crippen LogP contribution >= 0.6 is 11.8 Å². The third-order valence-electron chi connectivity index (χ3n) is 2.39. The molecule has 0 heterocycles. The second-order valence-corrected chi connectivity index (χ2v) is 4.84. The SMILES string of the molecule is CCCCCSc1ccccc1CCN. The third-order valence-corrected chi connectivity index (χ3v) is 3.59. The number of hydrogen-bond donors (Lipinski definition) is 1. The Hall–Kier alpha value is -0.470. The van der Waals surface area contributed by atoms with E-state index >= 15 is 0 Å². The Morgan fingerprint density at radius 2 is 2.00 bits per heavy atom. The quantitative estimate of drug-likeness (QED) is 0.566. The third kappa shape index (κ3) is 4.72. The molecule has 2 N–H and O–H groups in total. The van der Waals surface area contributed by atoms with Gasteiger partial charge in [-0.2, -0.15) is 0 Å². The lowest BCUT2D eigenvalue weighted by Crippen LogP contribution is -2.03. The monoisotopic (exact) mass is 223 g/mol. The van der Waals surface area contributed by atoms with Crippen molar-refractivity contribution < 1.29 is 0 Å². The summed E-state index contributed by atoms with van der Waals surface area (Å²) >= 11 is 1.97. The molecule has 0 aromatic heterocycles. The Morgan fingerprint density at radius 3 is 2.73 bits per heavy atom. The maximum atomic E-state index is 5.60. The van der Waals surface area contributed by atoms with E-state index in [0.29, 0.717) is 0 Å². The molecular weight excluding hydrogens is 202 g/mol. The van der Waals surface area contributed by atoms with Gasteiger partial charge in [-0.15, -0.1) is 11.8 Å². The first-order chi connectivity index (χ1) is 7.38. The van der Waals surface area contributed by atoms with Gasteiger partial charge in [0.05, 0.1) is 0 Å². The summed E-state index contributed by atoms with van der Waals surface area (Å²) in [6.07, 6.45) is 4.95. The summed E-state index contributed by atoms with van der Waals surface area (Å²) in [5, 5.41) is 0. The van der Waals surface area contributed by atoms with Crippen LogP contribution in [0.25, 0.3) is 0 Å². The molecule has 1 rings (SSSR count). The second kappa shape index (κ2) is 7.77. The highest BCUT2D eigenvalue weighted by molar-refractivity contribution is 7.99. The lowest BCUT2D eigenvalue weighted by molar-refractivity contribution is 0.778. The molecule has 15 heavy (non-hydrogen) atoms. The van der Waals surface area contributed by atoms with Gasteiger partial charge in [-0.25, -0.2) is 0 Å². The predicted octanol–water partition coefficient (Wildman–Crippen LogP) is 3.47. The van der Waals surface area contributed by atoms with Crippen molar-refractivity contribution in [1.29, 1.82) is 0 Å². The summed E-state index contributed by atoms with van der Waals surface area (Å²) in [5.74, 6) is 1.23. The van der Waals surface area contributed by atoms with E-state index in [1.807, 2.05) is 11.8 Å². The van der Waals surface area contributed by atoms with Crippen LogP contribution < -0.4 is 5.73 Å². The highest BCUT2D eigenvalue weighted by Crippen LogP contribution is 2.23. The van der Waals surface area contributed by atoms with Gasteiger partial charge in [0, 0.05) is 4.90 Å². The zero-order chi connectivity index (χ0) is 10.9. The molecule has 0 unspecified atom stereocenters. The fraction of sp³-hybridized carbons (Fsp3) is 0.538. The summed E-state index contributed by atoms with van der Waals surface area (Å²) in [7, 11) is 0. The van der Waals surface area contributed by atoms with Gasteiger partial charge in [-0.1, -0.05) is 38.0 Å². The number of thioether (sulfide) groups is 1. The normalized spacial score (nSPS) is 10.5. The molecule has 0 radical (unpaired) electrons. The maximum absolute atomic E-state index is 5.60. The molecule has 1 nitrogen and oxygen atoms in total. The highest BCUT2D eigenvalue weighted by atomic mass is 32.2. The Labute approximate surface area is 97.4 Å². The van der Waals surface area contributed by atoms with Crippen molar-refractivity contribution in [3.8, 4) is 0 Å². The van der Waals surface area contributed by atoms with Crippen LogP contribution in [-0.4, -0.2) is 12.3 Å². The molecular formula is C13H21NS. The van der Waals surface area contributed by atoms with Gasteiger partial charge in [0.25, 0.3) is 0 Å². The molecule has 84 valence electrons. The fourth-order valence-corrected chi connectivity index (χ4v) is 2.64. The van der Waals surface area contributed by atoms with E-state index in [-0.39, 0.29) is 0 Å². The van der Waals surface area contributed by atoms with E-state index in [2.05, 4.69) is 31.2 Å². The minimum absolute atomic E-state index is 0.743. The molecule has 0 fully saturated rings. The Morgan fingerprint density at radius 1 is 1.20 bits per heavy atom. The largest absolute Gasteiger partial charge is 0.330 e. The molecule has 0 aliphatic rings. The number of nitrogens with two attached hydrogens (primary N) is 1. The predicted molar refractivity (Wildman–Crippen MR) is 69.4 cm³/mol. The molecule has 0 aliphatic heterocycles. The lowest BCUT2D eigenvalue weighted by atomic mass is 10.1. The van der Waals surface area contributed by atoms with Crippen molar-refractivity contribution in [3.63, 3.8) is 0 Å². The Balaban J connectivity index is 2.44. The zero-order valence-corrected chi connectivity index (χ0v) is 10.4. The standard InChI is InChI=1S/C13H21NS/c1-2-3-6-11-15-13-8-5-4-7-12(13)9-10-14/h4-5,7-8H,2-3,6,9-11,14H2,1H3. The van der Waals surface area contributed by atoms with Gasteiger partial charge in [0.15, 0.2) is 0 Å². The van der Waals surface area contributed by atoms with E-state index in [1.165, 1.54) is 35.5 Å². The number of benzene rings is 1. The molecule has 0 bridgehead atoms. The second-order valence-electron chi connectivity index (χ2n) is 3.70. The highest BCUT2D eigenvalue weighted by Gasteiger charge is 2.00. The topological polar surface area (TPSA) is 26.0 Å². The van der Waals surface area contributed by atoms with Crippen LogP contribution in [0.1, 0.15) is 31.7 Å². The molecule has 0 aliphatic carbocycles. The van der Waals surface area contributed by atoms with Crippen molar-refractivity contribution in [3.05, 3.63) is 29.8 Å². The van der Waals surface area contributed by atoms with E-state index in [1.54, 1.807) is 0 Å². The molecule has 2 heteroatoms. The Kier molecular flexibility index (Phi) is 6.53. The first-order valence-electron chi connectivity index (χ1n) is 5.79. The van der Waals surface area contributed by atoms with Crippen molar-refractivity contribution in [1.82, 2.24) is 0 Å². The smallest absolute Gasteiger partial charge is 0.0104 e. The van der Waals surface area contributed by atoms with Crippen molar-refractivity contribution in [2.45, 2.75) is 37.5 Å².